The molecule has 0 saturated heterocycles. The highest BCUT2D eigenvalue weighted by molar-refractivity contribution is 7.12. The summed E-state index contributed by atoms with van der Waals surface area (Å²) in [5, 5.41) is 19.2. The predicted molar refractivity (Wildman–Crippen MR) is 62.9 cm³/mol. The van der Waals surface area contributed by atoms with Crippen molar-refractivity contribution in [2.75, 3.05) is 0 Å². The van der Waals surface area contributed by atoms with E-state index in [1.807, 2.05) is 6.07 Å². The second kappa shape index (κ2) is 3.86. The van der Waals surface area contributed by atoms with Gasteiger partial charge >= 0.3 is 5.97 Å². The number of aliphatic hydroxyl groups is 1. The highest BCUT2D eigenvalue weighted by Crippen LogP contribution is 2.45. The van der Waals surface area contributed by atoms with Gasteiger partial charge in [0.1, 0.15) is 5.60 Å². The molecule has 16 heavy (non-hydrogen) atoms. The zero-order chi connectivity index (χ0) is 11.9. The number of aliphatic carboxylic acids is 1. The van der Waals surface area contributed by atoms with Crippen LogP contribution >= 0.6 is 11.3 Å². The van der Waals surface area contributed by atoms with Crippen molar-refractivity contribution in [1.82, 2.24) is 0 Å². The Labute approximate surface area is 98.7 Å². The fourth-order valence-electron chi connectivity index (χ4n) is 2.20. The van der Waals surface area contributed by atoms with E-state index < -0.39 is 11.6 Å². The summed E-state index contributed by atoms with van der Waals surface area (Å²) in [6.45, 7) is 4.22. The summed E-state index contributed by atoms with van der Waals surface area (Å²) in [6.07, 6.45) is 1.16. The van der Waals surface area contributed by atoms with Crippen LogP contribution in [0.1, 0.15) is 47.9 Å². The summed E-state index contributed by atoms with van der Waals surface area (Å²) in [5.74, 6) is -0.502. The molecular formula is C12H16O3S. The van der Waals surface area contributed by atoms with Crippen molar-refractivity contribution in [3.8, 4) is 0 Å². The van der Waals surface area contributed by atoms with Gasteiger partial charge in [-0.1, -0.05) is 13.8 Å². The maximum atomic E-state index is 10.8. The van der Waals surface area contributed by atoms with Crippen LogP contribution in [0.4, 0.5) is 0 Å². The number of rotatable bonds is 3. The molecule has 0 amide bonds. The molecule has 1 heterocycles. The van der Waals surface area contributed by atoms with E-state index in [1.165, 1.54) is 4.88 Å². The first-order chi connectivity index (χ1) is 7.42. The molecule has 2 rings (SSSR count). The van der Waals surface area contributed by atoms with E-state index in [1.54, 1.807) is 11.3 Å². The summed E-state index contributed by atoms with van der Waals surface area (Å²) in [7, 11) is 0. The standard InChI is InChI=1S/C12H16O3S/c1-7(2)10-5-8-9(16-10)3-4-12(8,15)6-11(13)14/h5,7,15H,3-4,6H2,1-2H3,(H,13,14). The Hall–Kier alpha value is -0.870. The van der Waals surface area contributed by atoms with Gasteiger partial charge in [-0.25, -0.2) is 0 Å². The zero-order valence-electron chi connectivity index (χ0n) is 9.49. The molecule has 0 spiro atoms. The van der Waals surface area contributed by atoms with E-state index in [0.717, 1.165) is 16.9 Å². The number of hydrogen-bond acceptors (Lipinski definition) is 3. The molecule has 1 aromatic heterocycles. The van der Waals surface area contributed by atoms with Gasteiger partial charge in [0.25, 0.3) is 0 Å². The Bertz CT molecular complexity index is 422. The third-order valence-electron chi connectivity index (χ3n) is 3.11. The fraction of sp³-hybridized carbons (Fsp3) is 0.583. The maximum Gasteiger partial charge on any atom is 0.306 e. The van der Waals surface area contributed by atoms with Crippen LogP contribution in [-0.4, -0.2) is 16.2 Å². The van der Waals surface area contributed by atoms with Gasteiger partial charge in [-0.15, -0.1) is 11.3 Å². The minimum absolute atomic E-state index is 0.186. The molecule has 88 valence electrons. The molecule has 0 saturated carbocycles. The van der Waals surface area contributed by atoms with Crippen molar-refractivity contribution >= 4 is 17.3 Å². The number of carboxylic acid groups (broad SMARTS) is 1. The quantitative estimate of drug-likeness (QED) is 0.853. The summed E-state index contributed by atoms with van der Waals surface area (Å²) in [4.78, 5) is 13.1. The summed E-state index contributed by atoms with van der Waals surface area (Å²) >= 11 is 1.71. The third-order valence-corrected chi connectivity index (χ3v) is 4.60. The number of carbonyl (C=O) groups is 1. The fourth-order valence-corrected chi connectivity index (χ4v) is 3.46. The topological polar surface area (TPSA) is 57.5 Å². The first-order valence-electron chi connectivity index (χ1n) is 5.49. The first kappa shape index (κ1) is 11.6. The van der Waals surface area contributed by atoms with Crippen molar-refractivity contribution in [1.29, 1.82) is 0 Å². The molecular weight excluding hydrogens is 224 g/mol. The number of hydrogen-bond donors (Lipinski definition) is 2. The van der Waals surface area contributed by atoms with Gasteiger partial charge in [0.2, 0.25) is 0 Å². The molecule has 0 aliphatic heterocycles. The van der Waals surface area contributed by atoms with E-state index in [-0.39, 0.29) is 6.42 Å². The lowest BCUT2D eigenvalue weighted by Crippen LogP contribution is -2.25. The molecule has 1 atom stereocenters. The van der Waals surface area contributed by atoms with E-state index >= 15 is 0 Å². The van der Waals surface area contributed by atoms with Crippen LogP contribution < -0.4 is 0 Å². The second-order valence-corrected chi connectivity index (χ2v) is 5.91. The minimum atomic E-state index is -1.13. The average molecular weight is 240 g/mol. The van der Waals surface area contributed by atoms with E-state index in [4.69, 9.17) is 5.11 Å². The van der Waals surface area contributed by atoms with Gasteiger partial charge in [0, 0.05) is 9.75 Å². The lowest BCUT2D eigenvalue weighted by molar-refractivity contribution is -0.142. The summed E-state index contributed by atoms with van der Waals surface area (Å²) in [5.41, 5.74) is -0.284. The van der Waals surface area contributed by atoms with Crippen molar-refractivity contribution in [3.63, 3.8) is 0 Å². The van der Waals surface area contributed by atoms with Gasteiger partial charge < -0.3 is 10.2 Å². The Kier molecular flexibility index (Phi) is 2.80. The molecule has 0 fully saturated rings. The van der Waals surface area contributed by atoms with E-state index in [0.29, 0.717) is 12.3 Å². The molecule has 1 aromatic rings. The van der Waals surface area contributed by atoms with Crippen LogP contribution in [0.2, 0.25) is 0 Å². The molecule has 1 aliphatic rings. The second-order valence-electron chi connectivity index (χ2n) is 4.74. The molecule has 2 N–H and O–H groups in total. The highest BCUT2D eigenvalue weighted by Gasteiger charge is 2.40. The number of carboxylic acids is 1. The lowest BCUT2D eigenvalue weighted by atomic mass is 9.93. The van der Waals surface area contributed by atoms with Gasteiger partial charge in [-0.2, -0.15) is 0 Å². The van der Waals surface area contributed by atoms with Gasteiger partial charge in [-0.05, 0) is 30.4 Å². The van der Waals surface area contributed by atoms with Gasteiger partial charge in [0.05, 0.1) is 6.42 Å². The number of fused-ring (bicyclic) bond motifs is 1. The van der Waals surface area contributed by atoms with Crippen molar-refractivity contribution in [2.24, 2.45) is 0 Å². The van der Waals surface area contributed by atoms with Crippen LogP contribution in [-0.2, 0) is 16.8 Å². The monoisotopic (exact) mass is 240 g/mol. The Morgan fingerprint density at radius 2 is 2.31 bits per heavy atom. The summed E-state index contributed by atoms with van der Waals surface area (Å²) in [6, 6.07) is 1.99. The van der Waals surface area contributed by atoms with Gasteiger partial charge in [-0.3, -0.25) is 4.79 Å². The van der Waals surface area contributed by atoms with Crippen molar-refractivity contribution in [2.45, 2.75) is 44.6 Å². The molecule has 0 aromatic carbocycles. The van der Waals surface area contributed by atoms with Crippen molar-refractivity contribution < 1.29 is 15.0 Å². The van der Waals surface area contributed by atoms with E-state index in [9.17, 15) is 9.90 Å². The Morgan fingerprint density at radius 3 is 2.88 bits per heavy atom. The summed E-state index contributed by atoms with van der Waals surface area (Å²) < 4.78 is 0. The van der Waals surface area contributed by atoms with Crippen LogP contribution in [0.3, 0.4) is 0 Å². The molecule has 0 bridgehead atoms. The van der Waals surface area contributed by atoms with E-state index in [2.05, 4.69) is 13.8 Å². The largest absolute Gasteiger partial charge is 0.481 e. The van der Waals surface area contributed by atoms with Gasteiger partial charge in [0.15, 0.2) is 0 Å². The van der Waals surface area contributed by atoms with Crippen LogP contribution in [0, 0.1) is 0 Å². The molecule has 1 aliphatic carbocycles. The lowest BCUT2D eigenvalue weighted by Gasteiger charge is -2.20. The Balaban J connectivity index is 2.34. The smallest absolute Gasteiger partial charge is 0.306 e. The third kappa shape index (κ3) is 1.87. The SMILES string of the molecule is CC(C)c1cc2c(s1)CCC2(O)CC(=O)O. The van der Waals surface area contributed by atoms with Crippen LogP contribution in [0.25, 0.3) is 0 Å². The minimum Gasteiger partial charge on any atom is -0.481 e. The number of thiophene rings is 1. The average Bonchev–Trinajstić information content (AvgIpc) is 2.67. The highest BCUT2D eigenvalue weighted by atomic mass is 32.1. The van der Waals surface area contributed by atoms with Crippen molar-refractivity contribution in [3.05, 3.63) is 21.4 Å². The first-order valence-corrected chi connectivity index (χ1v) is 6.31. The molecule has 0 radical (unpaired) electrons. The zero-order valence-corrected chi connectivity index (χ0v) is 10.3. The predicted octanol–water partition coefficient (Wildman–Crippen LogP) is 2.48. The molecule has 4 heteroatoms. The molecule has 3 nitrogen and oxygen atoms in total. The normalized spacial score (nSPS) is 23.8. The molecule has 1 unspecified atom stereocenters. The Morgan fingerprint density at radius 1 is 1.62 bits per heavy atom. The number of aryl methyl sites for hydroxylation is 1. The maximum absolute atomic E-state index is 10.8. The van der Waals surface area contributed by atoms with Crippen LogP contribution in [0.5, 0.6) is 0 Å². The van der Waals surface area contributed by atoms with Crippen LogP contribution in [0.15, 0.2) is 6.07 Å².